The van der Waals surface area contributed by atoms with Crippen LogP contribution in [0.2, 0.25) is 0 Å². The van der Waals surface area contributed by atoms with Gasteiger partial charge in [-0.2, -0.15) is 0 Å². The maximum atomic E-state index is 4.26. The van der Waals surface area contributed by atoms with E-state index in [1.807, 2.05) is 12.5 Å². The van der Waals surface area contributed by atoms with E-state index < -0.39 is 0 Å². The van der Waals surface area contributed by atoms with Gasteiger partial charge in [0.1, 0.15) is 0 Å². The van der Waals surface area contributed by atoms with Crippen molar-refractivity contribution in [1.82, 2.24) is 9.55 Å². The van der Waals surface area contributed by atoms with Crippen LogP contribution < -0.4 is 0 Å². The predicted octanol–water partition coefficient (Wildman–Crippen LogP) is 5.00. The van der Waals surface area contributed by atoms with Gasteiger partial charge in [-0.1, -0.05) is 24.1 Å². The Morgan fingerprint density at radius 1 is 1.39 bits per heavy atom. The number of allylic oxidation sites excluding steroid dienone is 3. The molecular formula is C16H26N2. The number of aromatic nitrogens is 2. The number of nitrogens with zero attached hydrogens (tertiary/aromatic N) is 2. The third kappa shape index (κ3) is 4.52. The second kappa shape index (κ2) is 7.20. The quantitative estimate of drug-likeness (QED) is 0.646. The van der Waals surface area contributed by atoms with Crippen LogP contribution in [0, 0.1) is 0 Å². The molecular weight excluding hydrogens is 220 g/mol. The van der Waals surface area contributed by atoms with Gasteiger partial charge in [-0.25, -0.2) is 4.98 Å². The zero-order valence-corrected chi connectivity index (χ0v) is 12.4. The predicted molar refractivity (Wildman–Crippen MR) is 79.5 cm³/mol. The number of imidazole rings is 1. The Hall–Kier alpha value is -1.31. The lowest BCUT2D eigenvalue weighted by molar-refractivity contribution is 0.527. The van der Waals surface area contributed by atoms with Crippen LogP contribution in [0.3, 0.4) is 0 Å². The maximum Gasteiger partial charge on any atom is 0.0953 e. The Kier molecular flexibility index (Phi) is 5.90. The van der Waals surface area contributed by atoms with Crippen molar-refractivity contribution in [2.24, 2.45) is 0 Å². The fourth-order valence-electron chi connectivity index (χ4n) is 1.90. The van der Waals surface area contributed by atoms with E-state index in [0.29, 0.717) is 6.04 Å². The van der Waals surface area contributed by atoms with Gasteiger partial charge in [0.2, 0.25) is 0 Å². The van der Waals surface area contributed by atoms with E-state index in [2.05, 4.69) is 56.3 Å². The number of hydrogen-bond acceptors (Lipinski definition) is 1. The van der Waals surface area contributed by atoms with Gasteiger partial charge in [0, 0.05) is 6.04 Å². The normalized spacial score (nSPS) is 13.5. The molecule has 0 spiro atoms. The van der Waals surface area contributed by atoms with Crippen LogP contribution in [-0.2, 0) is 0 Å². The molecule has 0 fully saturated rings. The minimum atomic E-state index is 0.518. The molecule has 1 heterocycles. The summed E-state index contributed by atoms with van der Waals surface area (Å²) >= 11 is 0. The van der Waals surface area contributed by atoms with Gasteiger partial charge < -0.3 is 4.57 Å². The molecule has 100 valence electrons. The van der Waals surface area contributed by atoms with Gasteiger partial charge in [0.05, 0.1) is 18.2 Å². The Labute approximate surface area is 111 Å². The van der Waals surface area contributed by atoms with Gasteiger partial charge in [-0.3, -0.25) is 0 Å². The van der Waals surface area contributed by atoms with Crippen LogP contribution in [-0.4, -0.2) is 9.55 Å². The fraction of sp³-hybridized carbons (Fsp3) is 0.562. The Morgan fingerprint density at radius 2 is 2.11 bits per heavy atom. The summed E-state index contributed by atoms with van der Waals surface area (Å²) in [4.78, 5) is 4.26. The maximum absolute atomic E-state index is 4.26. The molecule has 18 heavy (non-hydrogen) atoms. The van der Waals surface area contributed by atoms with Gasteiger partial charge >= 0.3 is 0 Å². The van der Waals surface area contributed by atoms with Crippen molar-refractivity contribution in [3.8, 4) is 0 Å². The highest BCUT2D eigenvalue weighted by Gasteiger charge is 2.05. The van der Waals surface area contributed by atoms with Crippen molar-refractivity contribution in [1.29, 1.82) is 0 Å². The van der Waals surface area contributed by atoms with E-state index in [4.69, 9.17) is 0 Å². The van der Waals surface area contributed by atoms with Crippen LogP contribution in [0.15, 0.2) is 29.7 Å². The first kappa shape index (κ1) is 14.7. The molecule has 0 aliphatic heterocycles. The topological polar surface area (TPSA) is 17.8 Å². The van der Waals surface area contributed by atoms with Crippen molar-refractivity contribution in [3.63, 3.8) is 0 Å². The van der Waals surface area contributed by atoms with Crippen LogP contribution >= 0.6 is 0 Å². The van der Waals surface area contributed by atoms with Gasteiger partial charge in [0.15, 0.2) is 0 Å². The molecule has 1 atom stereocenters. The lowest BCUT2D eigenvalue weighted by atomic mass is 10.1. The molecule has 0 saturated carbocycles. The van der Waals surface area contributed by atoms with Crippen LogP contribution in [0.5, 0.6) is 0 Å². The van der Waals surface area contributed by atoms with Crippen LogP contribution in [0.4, 0.5) is 0 Å². The minimum absolute atomic E-state index is 0.518. The summed E-state index contributed by atoms with van der Waals surface area (Å²) in [6.07, 6.45) is 11.8. The van der Waals surface area contributed by atoms with Crippen LogP contribution in [0.1, 0.15) is 65.6 Å². The fourth-order valence-corrected chi connectivity index (χ4v) is 1.90. The molecule has 0 amide bonds. The first-order valence-corrected chi connectivity index (χ1v) is 6.87. The standard InChI is InChI=1S/C16H26N2/c1-6-15(5)18-12-17-11-16(18)10-14(4)9-7-8-13(2)3/h8,10-12,15H,6-7,9H2,1-5H3. The Bertz CT molecular complexity index is 420. The summed E-state index contributed by atoms with van der Waals surface area (Å²) in [6, 6.07) is 0.518. The lowest BCUT2D eigenvalue weighted by Gasteiger charge is -2.13. The summed E-state index contributed by atoms with van der Waals surface area (Å²) in [5, 5.41) is 0. The Balaban J connectivity index is 2.70. The molecule has 1 unspecified atom stereocenters. The van der Waals surface area contributed by atoms with Crippen LogP contribution in [0.25, 0.3) is 6.08 Å². The van der Waals surface area contributed by atoms with Crippen molar-refractivity contribution >= 4 is 6.08 Å². The number of hydrogen-bond donors (Lipinski definition) is 0. The molecule has 0 saturated heterocycles. The van der Waals surface area contributed by atoms with Crippen molar-refractivity contribution in [3.05, 3.63) is 35.4 Å². The summed E-state index contributed by atoms with van der Waals surface area (Å²) in [7, 11) is 0. The van der Waals surface area contributed by atoms with Crippen molar-refractivity contribution in [2.45, 2.75) is 59.9 Å². The summed E-state index contributed by atoms with van der Waals surface area (Å²) in [5.74, 6) is 0. The molecule has 0 aromatic carbocycles. The zero-order valence-electron chi connectivity index (χ0n) is 12.4. The third-order valence-corrected chi connectivity index (χ3v) is 3.25. The monoisotopic (exact) mass is 246 g/mol. The van der Waals surface area contributed by atoms with Gasteiger partial charge in [-0.15, -0.1) is 0 Å². The molecule has 1 aromatic rings. The van der Waals surface area contributed by atoms with E-state index in [9.17, 15) is 0 Å². The van der Waals surface area contributed by atoms with E-state index in [0.717, 1.165) is 19.3 Å². The summed E-state index contributed by atoms with van der Waals surface area (Å²) in [6.45, 7) is 10.9. The molecule has 0 aliphatic carbocycles. The average molecular weight is 246 g/mol. The van der Waals surface area contributed by atoms with E-state index in [1.165, 1.54) is 16.8 Å². The summed E-state index contributed by atoms with van der Waals surface area (Å²) < 4.78 is 2.25. The molecule has 2 nitrogen and oxygen atoms in total. The number of rotatable bonds is 6. The van der Waals surface area contributed by atoms with Crippen molar-refractivity contribution in [2.75, 3.05) is 0 Å². The first-order chi connectivity index (χ1) is 8.54. The smallest absolute Gasteiger partial charge is 0.0953 e. The molecule has 1 rings (SSSR count). The highest BCUT2D eigenvalue weighted by Crippen LogP contribution is 2.17. The molecule has 0 bridgehead atoms. The third-order valence-electron chi connectivity index (χ3n) is 3.25. The lowest BCUT2D eigenvalue weighted by Crippen LogP contribution is -2.04. The molecule has 1 aromatic heterocycles. The van der Waals surface area contributed by atoms with E-state index in [-0.39, 0.29) is 0 Å². The first-order valence-electron chi connectivity index (χ1n) is 6.87. The molecule has 2 heteroatoms. The SMILES string of the molecule is CCC(C)n1cncc1C=C(C)CCC=C(C)C. The highest BCUT2D eigenvalue weighted by molar-refractivity contribution is 5.48. The van der Waals surface area contributed by atoms with E-state index >= 15 is 0 Å². The summed E-state index contributed by atoms with van der Waals surface area (Å²) in [5.41, 5.74) is 4.03. The molecule has 0 N–H and O–H groups in total. The largest absolute Gasteiger partial charge is 0.328 e. The van der Waals surface area contributed by atoms with Crippen molar-refractivity contribution < 1.29 is 0 Å². The second-order valence-electron chi connectivity index (χ2n) is 5.29. The Morgan fingerprint density at radius 3 is 2.72 bits per heavy atom. The van der Waals surface area contributed by atoms with Gasteiger partial charge in [-0.05, 0) is 53.0 Å². The zero-order chi connectivity index (χ0) is 13.5. The molecule has 0 radical (unpaired) electrons. The van der Waals surface area contributed by atoms with Gasteiger partial charge in [0.25, 0.3) is 0 Å². The second-order valence-corrected chi connectivity index (χ2v) is 5.29. The van der Waals surface area contributed by atoms with E-state index in [1.54, 1.807) is 0 Å². The average Bonchev–Trinajstić information content (AvgIpc) is 2.75. The molecule has 0 aliphatic rings. The highest BCUT2D eigenvalue weighted by atomic mass is 15.1. The minimum Gasteiger partial charge on any atom is -0.328 e.